The van der Waals surface area contributed by atoms with Gasteiger partial charge in [0.2, 0.25) is 0 Å². The maximum Gasteiger partial charge on any atom is 0.191 e. The molecule has 29 heavy (non-hydrogen) atoms. The molecule has 1 heterocycles. The molecule has 0 aromatic heterocycles. The fraction of sp³-hybridized carbons (Fsp3) is 0.435. The van der Waals surface area contributed by atoms with Gasteiger partial charge in [0.15, 0.2) is 5.96 Å². The lowest BCUT2D eigenvalue weighted by molar-refractivity contribution is 0.0170. The smallest absolute Gasteiger partial charge is 0.191 e. The van der Waals surface area contributed by atoms with Crippen LogP contribution in [0.25, 0.3) is 0 Å². The summed E-state index contributed by atoms with van der Waals surface area (Å²) in [4.78, 5) is 6.88. The molecule has 0 spiro atoms. The van der Waals surface area contributed by atoms with Crippen LogP contribution in [-0.2, 0) is 11.3 Å². The topological polar surface area (TPSA) is 58.1 Å². The Morgan fingerprint density at radius 1 is 1.14 bits per heavy atom. The molecule has 1 unspecified atom stereocenters. The third kappa shape index (κ3) is 6.21. The van der Waals surface area contributed by atoms with Crippen molar-refractivity contribution in [3.63, 3.8) is 0 Å². The maximum absolute atomic E-state index is 5.55. The van der Waals surface area contributed by atoms with Crippen molar-refractivity contribution in [2.24, 2.45) is 4.99 Å². The first-order valence-corrected chi connectivity index (χ1v) is 10.2. The molecule has 2 aromatic rings. The molecular formula is C23H32N4O2. The van der Waals surface area contributed by atoms with E-state index in [-0.39, 0.29) is 6.04 Å². The van der Waals surface area contributed by atoms with E-state index in [9.17, 15) is 0 Å². The number of hydrogen-bond acceptors (Lipinski definition) is 4. The quantitative estimate of drug-likeness (QED) is 0.557. The minimum atomic E-state index is 0.276. The van der Waals surface area contributed by atoms with Crippen LogP contribution in [0.15, 0.2) is 53.5 Å². The number of benzene rings is 2. The molecule has 156 valence electrons. The van der Waals surface area contributed by atoms with Crippen molar-refractivity contribution >= 4 is 5.96 Å². The van der Waals surface area contributed by atoms with Gasteiger partial charge in [-0.05, 0) is 30.2 Å². The average molecular weight is 397 g/mol. The van der Waals surface area contributed by atoms with Crippen molar-refractivity contribution in [1.29, 1.82) is 0 Å². The summed E-state index contributed by atoms with van der Waals surface area (Å²) in [5, 5.41) is 6.91. The highest BCUT2D eigenvalue weighted by Gasteiger charge is 2.23. The Bertz CT molecular complexity index is 786. The summed E-state index contributed by atoms with van der Waals surface area (Å²) in [5.41, 5.74) is 3.78. The highest BCUT2D eigenvalue weighted by Crippen LogP contribution is 2.22. The number of hydrogen-bond donors (Lipinski definition) is 2. The summed E-state index contributed by atoms with van der Waals surface area (Å²) >= 11 is 0. The van der Waals surface area contributed by atoms with E-state index >= 15 is 0 Å². The largest absolute Gasteiger partial charge is 0.497 e. The van der Waals surface area contributed by atoms with Crippen LogP contribution in [0.3, 0.4) is 0 Å². The summed E-state index contributed by atoms with van der Waals surface area (Å²) in [5.74, 6) is 1.66. The first-order valence-electron chi connectivity index (χ1n) is 10.2. The Hall–Kier alpha value is -2.57. The van der Waals surface area contributed by atoms with Gasteiger partial charge in [-0.1, -0.05) is 42.0 Å². The van der Waals surface area contributed by atoms with Gasteiger partial charge in [0.25, 0.3) is 0 Å². The molecule has 1 aliphatic rings. The standard InChI is InChI=1S/C23H32N4O2/c1-18-5-4-6-20(15-18)22(27-11-13-29-14-12-27)17-26-23(24-2)25-16-19-7-9-21(28-3)10-8-19/h4-10,15,22H,11-14,16-17H2,1-3H3,(H2,24,25,26). The number of guanidine groups is 1. The second kappa shape index (κ2) is 10.8. The lowest BCUT2D eigenvalue weighted by atomic mass is 10.0. The van der Waals surface area contributed by atoms with Gasteiger partial charge in [-0.2, -0.15) is 0 Å². The van der Waals surface area contributed by atoms with Crippen molar-refractivity contribution in [3.8, 4) is 5.75 Å². The normalized spacial score (nSPS) is 16.3. The SMILES string of the molecule is CN=C(NCc1ccc(OC)cc1)NCC(c1cccc(C)c1)N1CCOCC1. The molecule has 0 amide bonds. The zero-order valence-corrected chi connectivity index (χ0v) is 17.6. The van der Waals surface area contributed by atoms with E-state index in [0.29, 0.717) is 6.54 Å². The van der Waals surface area contributed by atoms with Crippen molar-refractivity contribution in [1.82, 2.24) is 15.5 Å². The number of nitrogens with one attached hydrogen (secondary N) is 2. The average Bonchev–Trinajstić information content (AvgIpc) is 2.77. The molecule has 0 bridgehead atoms. The van der Waals surface area contributed by atoms with Crippen molar-refractivity contribution < 1.29 is 9.47 Å². The molecule has 1 atom stereocenters. The first-order chi connectivity index (χ1) is 14.2. The van der Waals surface area contributed by atoms with Gasteiger partial charge in [0.05, 0.1) is 26.4 Å². The second-order valence-electron chi connectivity index (χ2n) is 7.23. The van der Waals surface area contributed by atoms with Crippen LogP contribution in [0, 0.1) is 6.92 Å². The van der Waals surface area contributed by atoms with Crippen LogP contribution in [0.5, 0.6) is 5.75 Å². The Morgan fingerprint density at radius 2 is 1.90 bits per heavy atom. The van der Waals surface area contributed by atoms with E-state index in [1.54, 1.807) is 14.2 Å². The lowest BCUT2D eigenvalue weighted by Crippen LogP contribution is -2.46. The van der Waals surface area contributed by atoms with Crippen LogP contribution >= 0.6 is 0 Å². The zero-order chi connectivity index (χ0) is 20.5. The molecule has 0 saturated carbocycles. The first kappa shape index (κ1) is 21.1. The van der Waals surface area contributed by atoms with E-state index in [0.717, 1.165) is 44.6 Å². The zero-order valence-electron chi connectivity index (χ0n) is 17.6. The van der Waals surface area contributed by atoms with Crippen LogP contribution in [0.1, 0.15) is 22.7 Å². The number of methoxy groups -OCH3 is 1. The van der Waals surface area contributed by atoms with E-state index in [1.807, 2.05) is 12.1 Å². The lowest BCUT2D eigenvalue weighted by Gasteiger charge is -2.35. The van der Waals surface area contributed by atoms with E-state index in [4.69, 9.17) is 9.47 Å². The molecular weight excluding hydrogens is 364 g/mol. The van der Waals surface area contributed by atoms with E-state index in [1.165, 1.54) is 16.7 Å². The number of aliphatic imine (C=N–C) groups is 1. The monoisotopic (exact) mass is 396 g/mol. The van der Waals surface area contributed by atoms with Gasteiger partial charge in [-0.3, -0.25) is 9.89 Å². The number of rotatable bonds is 7. The molecule has 0 radical (unpaired) electrons. The fourth-order valence-corrected chi connectivity index (χ4v) is 3.57. The van der Waals surface area contributed by atoms with Crippen LogP contribution in [0.2, 0.25) is 0 Å². The molecule has 2 N–H and O–H groups in total. The molecule has 1 saturated heterocycles. The number of aryl methyl sites for hydroxylation is 1. The fourth-order valence-electron chi connectivity index (χ4n) is 3.57. The van der Waals surface area contributed by atoms with E-state index in [2.05, 4.69) is 63.8 Å². The molecule has 1 aliphatic heterocycles. The van der Waals surface area contributed by atoms with Crippen LogP contribution in [0.4, 0.5) is 0 Å². The van der Waals surface area contributed by atoms with Gasteiger partial charge >= 0.3 is 0 Å². The van der Waals surface area contributed by atoms with E-state index < -0.39 is 0 Å². The second-order valence-corrected chi connectivity index (χ2v) is 7.23. The van der Waals surface area contributed by atoms with Gasteiger partial charge < -0.3 is 20.1 Å². The summed E-state index contributed by atoms with van der Waals surface area (Å²) < 4.78 is 10.8. The minimum absolute atomic E-state index is 0.276. The van der Waals surface area contributed by atoms with Crippen LogP contribution < -0.4 is 15.4 Å². The van der Waals surface area contributed by atoms with Gasteiger partial charge in [0.1, 0.15) is 5.75 Å². The predicted molar refractivity (Wildman–Crippen MR) is 118 cm³/mol. The predicted octanol–water partition coefficient (Wildman–Crippen LogP) is 2.74. The van der Waals surface area contributed by atoms with Crippen molar-refractivity contribution in [2.45, 2.75) is 19.5 Å². The van der Waals surface area contributed by atoms with Crippen molar-refractivity contribution in [3.05, 3.63) is 65.2 Å². The van der Waals surface area contributed by atoms with Gasteiger partial charge in [0, 0.05) is 33.2 Å². The molecule has 1 fully saturated rings. The molecule has 6 nitrogen and oxygen atoms in total. The Balaban J connectivity index is 1.61. The highest BCUT2D eigenvalue weighted by atomic mass is 16.5. The number of ether oxygens (including phenoxy) is 2. The number of nitrogens with zero attached hydrogens (tertiary/aromatic N) is 2. The highest BCUT2D eigenvalue weighted by molar-refractivity contribution is 5.79. The molecule has 6 heteroatoms. The summed E-state index contributed by atoms with van der Waals surface area (Å²) in [6.45, 7) is 7.08. The minimum Gasteiger partial charge on any atom is -0.497 e. The maximum atomic E-state index is 5.55. The summed E-state index contributed by atoms with van der Waals surface area (Å²) in [6.07, 6.45) is 0. The van der Waals surface area contributed by atoms with Crippen LogP contribution in [-0.4, -0.2) is 57.9 Å². The Labute approximate surface area is 173 Å². The summed E-state index contributed by atoms with van der Waals surface area (Å²) in [6, 6.07) is 17.1. The molecule has 0 aliphatic carbocycles. The molecule has 3 rings (SSSR count). The third-order valence-corrected chi connectivity index (χ3v) is 5.22. The third-order valence-electron chi connectivity index (χ3n) is 5.22. The Kier molecular flexibility index (Phi) is 7.90. The Morgan fingerprint density at radius 3 is 2.55 bits per heavy atom. The molecule has 2 aromatic carbocycles. The van der Waals surface area contributed by atoms with Crippen molar-refractivity contribution in [2.75, 3.05) is 47.0 Å². The number of morpholine rings is 1. The van der Waals surface area contributed by atoms with Gasteiger partial charge in [-0.15, -0.1) is 0 Å². The summed E-state index contributed by atoms with van der Waals surface area (Å²) in [7, 11) is 3.48. The van der Waals surface area contributed by atoms with Gasteiger partial charge in [-0.25, -0.2) is 0 Å².